The molecule has 0 spiro atoms. The van der Waals surface area contributed by atoms with Crippen LogP contribution < -0.4 is 5.32 Å². The maximum absolute atomic E-state index is 14.5. The number of rotatable bonds is 3. The van der Waals surface area contributed by atoms with Crippen molar-refractivity contribution in [3.8, 4) is 11.1 Å². The largest absolute Gasteiger partial charge is 0.595 e. The summed E-state index contributed by atoms with van der Waals surface area (Å²) in [5.74, 6) is -1.41. The van der Waals surface area contributed by atoms with Crippen LogP contribution in [0.25, 0.3) is 37.9 Å². The number of carbonyl (C=O) groups is 2. The Hall–Kier alpha value is -4.05. The molecule has 0 saturated carbocycles. The number of nitrogens with zero attached hydrogens (tertiary/aromatic N) is 2. The summed E-state index contributed by atoms with van der Waals surface area (Å²) >= 11 is 0. The van der Waals surface area contributed by atoms with E-state index in [4.69, 9.17) is 5.39 Å². The van der Waals surface area contributed by atoms with E-state index in [0.29, 0.717) is 33.2 Å². The van der Waals surface area contributed by atoms with Crippen molar-refractivity contribution in [2.45, 2.75) is 6.92 Å². The number of amides is 2. The highest BCUT2D eigenvalue weighted by Crippen LogP contribution is 2.38. The van der Waals surface area contributed by atoms with Gasteiger partial charge in [-0.2, -0.15) is 4.79 Å². The summed E-state index contributed by atoms with van der Waals surface area (Å²) in [5.41, 5.74) is 2.81. The van der Waals surface area contributed by atoms with Crippen molar-refractivity contribution in [2.24, 2.45) is 0 Å². The minimum Gasteiger partial charge on any atom is -0.354 e. The number of carbonyl (C=O) groups excluding carboxylic acids is 2. The summed E-state index contributed by atoms with van der Waals surface area (Å²) in [7, 11) is 0. The van der Waals surface area contributed by atoms with Gasteiger partial charge in [0.15, 0.2) is 0 Å². The molecule has 1 aromatic heterocycles. The first-order valence-electron chi connectivity index (χ1n) is 8.50. The van der Waals surface area contributed by atoms with Gasteiger partial charge in [0.25, 0.3) is 0 Å². The highest BCUT2D eigenvalue weighted by Gasteiger charge is 2.26. The predicted molar refractivity (Wildman–Crippen MR) is 105 cm³/mol. The molecule has 28 heavy (non-hydrogen) atoms. The number of hydrogen-bond acceptors (Lipinski definition) is 3. The lowest BCUT2D eigenvalue weighted by Gasteiger charge is -2.07. The summed E-state index contributed by atoms with van der Waals surface area (Å²) in [6, 6.07) is 14.7. The molecule has 0 aliphatic rings. The average Bonchev–Trinajstić information content (AvgIpc) is 3.05. The van der Waals surface area contributed by atoms with E-state index in [1.165, 1.54) is 19.1 Å². The van der Waals surface area contributed by atoms with Gasteiger partial charge >= 0.3 is 5.91 Å². The Morgan fingerprint density at radius 2 is 1.86 bits per heavy atom. The standard InChI is InChI=1S/C21H13FN4O2/c1-11(27)24-12-6-7-15-18(10-12)25-20-16(21(28)26-23)9-8-14(19(15)20)13-4-2-3-5-17(13)22/h2-10,23H,1H3/p+1. The monoisotopic (exact) mass is 373 g/mol. The van der Waals surface area contributed by atoms with E-state index in [1.807, 2.05) is 0 Å². The first kappa shape index (κ1) is 17.4. The molecule has 0 fully saturated rings. The van der Waals surface area contributed by atoms with Crippen molar-refractivity contribution < 1.29 is 14.0 Å². The van der Waals surface area contributed by atoms with E-state index in [1.54, 1.807) is 42.5 Å². The number of diazo groups is 1. The quantitative estimate of drug-likeness (QED) is 0.491. The van der Waals surface area contributed by atoms with Crippen LogP contribution in [0.3, 0.4) is 0 Å². The molecule has 0 unspecified atom stereocenters. The Bertz CT molecular complexity index is 1320. The number of fused-ring (bicyclic) bond motifs is 3. The fourth-order valence-electron chi connectivity index (χ4n) is 3.43. The second-order valence-corrected chi connectivity index (χ2v) is 6.36. The number of benzene rings is 3. The number of hydrogen-bond donors (Lipinski definition) is 2. The molecule has 2 N–H and O–H groups in total. The molecular formula is C21H14FN4O2+. The summed E-state index contributed by atoms with van der Waals surface area (Å²) < 4.78 is 14.5. The first-order valence-corrected chi connectivity index (χ1v) is 8.50. The highest BCUT2D eigenvalue weighted by atomic mass is 19.1. The van der Waals surface area contributed by atoms with Crippen molar-refractivity contribution in [3.63, 3.8) is 0 Å². The van der Waals surface area contributed by atoms with Crippen LogP contribution in [0.5, 0.6) is 0 Å². The number of aromatic nitrogens is 1. The van der Waals surface area contributed by atoms with E-state index in [-0.39, 0.29) is 17.3 Å². The smallest absolute Gasteiger partial charge is 0.354 e. The molecule has 1 heterocycles. The van der Waals surface area contributed by atoms with Crippen LogP contribution in [0.15, 0.2) is 54.6 Å². The van der Waals surface area contributed by atoms with Crippen molar-refractivity contribution >= 4 is 39.3 Å². The third-order valence-electron chi connectivity index (χ3n) is 4.56. The number of aromatic amines is 1. The summed E-state index contributed by atoms with van der Waals surface area (Å²) in [6.07, 6.45) is 0. The summed E-state index contributed by atoms with van der Waals surface area (Å²) in [5, 5.41) is 13.0. The van der Waals surface area contributed by atoms with Crippen molar-refractivity contribution in [1.29, 1.82) is 5.39 Å². The van der Waals surface area contributed by atoms with E-state index >= 15 is 0 Å². The van der Waals surface area contributed by atoms with Gasteiger partial charge in [-0.25, -0.2) is 4.39 Å². The lowest BCUT2D eigenvalue weighted by Crippen LogP contribution is -2.05. The second kappa shape index (κ2) is 6.59. The topological polar surface area (TPSA) is 90.1 Å². The van der Waals surface area contributed by atoms with Gasteiger partial charge in [0.05, 0.1) is 5.52 Å². The normalized spacial score (nSPS) is 10.8. The van der Waals surface area contributed by atoms with Gasteiger partial charge in [0.2, 0.25) is 16.3 Å². The third kappa shape index (κ3) is 2.77. The number of halogens is 1. The van der Waals surface area contributed by atoms with Gasteiger partial charge in [0, 0.05) is 34.5 Å². The van der Waals surface area contributed by atoms with Crippen LogP contribution in [0.1, 0.15) is 17.3 Å². The van der Waals surface area contributed by atoms with E-state index in [2.05, 4.69) is 15.3 Å². The van der Waals surface area contributed by atoms with E-state index in [9.17, 15) is 14.0 Å². The fourth-order valence-corrected chi connectivity index (χ4v) is 3.43. The molecule has 2 amide bonds. The van der Waals surface area contributed by atoms with Gasteiger partial charge < -0.3 is 10.3 Å². The lowest BCUT2D eigenvalue weighted by atomic mass is 9.96. The third-order valence-corrected chi connectivity index (χ3v) is 4.56. The lowest BCUT2D eigenvalue weighted by molar-refractivity contribution is -0.114. The van der Waals surface area contributed by atoms with Crippen LogP contribution >= 0.6 is 0 Å². The molecule has 136 valence electrons. The fraction of sp³-hybridized carbons (Fsp3) is 0.0476. The second-order valence-electron chi connectivity index (χ2n) is 6.36. The van der Waals surface area contributed by atoms with Crippen LogP contribution in [-0.4, -0.2) is 16.8 Å². The SMILES string of the molecule is CC(=O)Nc1ccc2c(c1)[nH]c1c(C(=O)[N+]#N)ccc(-c3ccccc3F)c12. The Kier molecular flexibility index (Phi) is 4.09. The molecule has 0 bridgehead atoms. The zero-order valence-corrected chi connectivity index (χ0v) is 14.8. The zero-order valence-electron chi connectivity index (χ0n) is 14.8. The van der Waals surface area contributed by atoms with Crippen LogP contribution in [0.2, 0.25) is 0 Å². The molecular weight excluding hydrogens is 359 g/mol. The van der Waals surface area contributed by atoms with Crippen LogP contribution in [-0.2, 0) is 4.79 Å². The van der Waals surface area contributed by atoms with E-state index in [0.717, 1.165) is 5.39 Å². The Balaban J connectivity index is 2.09. The molecule has 3 aromatic carbocycles. The minimum atomic E-state index is -0.807. The molecule has 7 heteroatoms. The van der Waals surface area contributed by atoms with Crippen molar-refractivity contribution in [1.82, 2.24) is 4.98 Å². The molecule has 6 nitrogen and oxygen atoms in total. The molecule has 0 saturated heterocycles. The number of nitrogens with one attached hydrogen (secondary N) is 2. The number of anilines is 1. The predicted octanol–water partition coefficient (Wildman–Crippen LogP) is 5.08. The molecule has 0 aliphatic carbocycles. The average molecular weight is 373 g/mol. The molecule has 4 aromatic rings. The maximum atomic E-state index is 14.5. The number of H-pyrrole nitrogens is 1. The van der Waals surface area contributed by atoms with Crippen molar-refractivity contribution in [3.05, 3.63) is 71.0 Å². The van der Waals surface area contributed by atoms with Crippen molar-refractivity contribution in [2.75, 3.05) is 5.32 Å². The Morgan fingerprint density at radius 3 is 2.57 bits per heavy atom. The van der Waals surface area contributed by atoms with Gasteiger partial charge in [-0.3, -0.25) is 4.79 Å². The molecule has 4 rings (SSSR count). The minimum absolute atomic E-state index is 0.162. The Morgan fingerprint density at radius 1 is 1.07 bits per heavy atom. The van der Waals surface area contributed by atoms with Crippen LogP contribution in [0.4, 0.5) is 10.1 Å². The summed E-state index contributed by atoms with van der Waals surface area (Å²) in [6.45, 7) is 1.41. The summed E-state index contributed by atoms with van der Waals surface area (Å²) in [4.78, 5) is 29.3. The van der Waals surface area contributed by atoms with Gasteiger partial charge in [-0.05, 0) is 29.8 Å². The highest BCUT2D eigenvalue weighted by molar-refractivity contribution is 6.21. The molecule has 0 atom stereocenters. The van der Waals surface area contributed by atoms with Gasteiger partial charge in [0.1, 0.15) is 11.4 Å². The first-order chi connectivity index (χ1) is 13.5. The molecule has 0 radical (unpaired) electrons. The maximum Gasteiger partial charge on any atom is 0.595 e. The van der Waals surface area contributed by atoms with Gasteiger partial charge in [-0.15, -0.1) is 0 Å². The zero-order chi connectivity index (χ0) is 19.8. The van der Waals surface area contributed by atoms with E-state index < -0.39 is 5.91 Å². The van der Waals surface area contributed by atoms with Gasteiger partial charge in [-0.1, -0.05) is 30.3 Å². The Labute approximate surface area is 158 Å². The molecule has 0 aliphatic heterocycles. The van der Waals surface area contributed by atoms with Crippen LogP contribution in [0, 0.1) is 11.2 Å².